The van der Waals surface area contributed by atoms with Gasteiger partial charge in [0.2, 0.25) is 11.9 Å². The minimum atomic E-state index is -4.49. The molecule has 6 aliphatic rings. The monoisotopic (exact) mass is 1270 g/mol. The average molecular weight is 1270 g/mol. The average Bonchev–Trinajstić information content (AvgIpc) is 1.64. The fourth-order valence-corrected chi connectivity index (χ4v) is 13.5. The summed E-state index contributed by atoms with van der Waals surface area (Å²) < 4.78 is 87.6. The molecule has 3 N–H and O–H groups in total. The summed E-state index contributed by atoms with van der Waals surface area (Å²) >= 11 is 0. The molecule has 7 aromatic heterocycles. The third-order valence-corrected chi connectivity index (χ3v) is 17.5. The van der Waals surface area contributed by atoms with Crippen LogP contribution in [0.2, 0.25) is 0 Å². The number of para-hydroxylation sites is 2. The summed E-state index contributed by atoms with van der Waals surface area (Å²) in [6.45, 7) is 10.2. The van der Waals surface area contributed by atoms with E-state index in [2.05, 4.69) is 66.0 Å². The number of nitrogens with zero attached hydrogens (tertiary/aromatic N) is 15. The fourth-order valence-electron chi connectivity index (χ4n) is 13.5. The molecule has 1 aromatic carbocycles. The molecular weight excluding hydrogens is 1200 g/mol. The van der Waals surface area contributed by atoms with Gasteiger partial charge in [-0.3, -0.25) is 19.4 Å². The molecule has 14 rings (SSSR count). The van der Waals surface area contributed by atoms with E-state index < -0.39 is 23.5 Å². The molecule has 6 saturated heterocycles. The van der Waals surface area contributed by atoms with Crippen LogP contribution in [0.15, 0.2) is 104 Å². The fraction of sp³-hybridized carbons (Fsp3) is 0.429. The second-order valence-electron chi connectivity index (χ2n) is 23.4. The summed E-state index contributed by atoms with van der Waals surface area (Å²) in [5, 5.41) is 18.0. The van der Waals surface area contributed by atoms with Gasteiger partial charge in [0.05, 0.1) is 90.2 Å². The molecule has 9 atom stereocenters. The SMILES string of the molecule is CCOc1ccc(C)nc1C(=O)N1C2CCC1C(Nc1cnc3ccccc3n1)C2.CCOc1ccc(C)nc1C(=O)N1C2CCC1C(Nc1ncc(C(F)(F)F)cn1)C2.Cc1ccc(-n2nccn2)c(C(=O)N2C3CCC2C(Nc2ncc(C(F)(F)F)cn2)C3)n1. The molecule has 3 amide bonds. The number of alkyl halides is 6. The second kappa shape index (κ2) is 25.9. The molecule has 6 aliphatic heterocycles. The Kier molecular flexibility index (Phi) is 17.6. The highest BCUT2D eigenvalue weighted by molar-refractivity contribution is 5.98. The zero-order chi connectivity index (χ0) is 64.6. The van der Waals surface area contributed by atoms with E-state index in [1.807, 2.05) is 85.7 Å². The predicted octanol–water partition coefficient (Wildman–Crippen LogP) is 9.68. The number of carbonyl (C=O) groups excluding carboxylic acids is 3. The van der Waals surface area contributed by atoms with Crippen molar-refractivity contribution in [1.29, 1.82) is 0 Å². The Bertz CT molecular complexity index is 3980. The lowest BCUT2D eigenvalue weighted by atomic mass is 9.95. The Hall–Kier alpha value is -9.70. The molecule has 23 nitrogen and oxygen atoms in total. The smallest absolute Gasteiger partial charge is 0.419 e. The first-order valence-corrected chi connectivity index (χ1v) is 30.6. The van der Waals surface area contributed by atoms with Crippen molar-refractivity contribution in [3.8, 4) is 17.2 Å². The maximum Gasteiger partial charge on any atom is 0.419 e. The lowest BCUT2D eigenvalue weighted by Crippen LogP contribution is -2.41. The Labute approximate surface area is 524 Å². The third kappa shape index (κ3) is 13.0. The van der Waals surface area contributed by atoms with Crippen LogP contribution < -0.4 is 25.4 Å². The van der Waals surface area contributed by atoms with Gasteiger partial charge in [-0.25, -0.2) is 39.9 Å². The van der Waals surface area contributed by atoms with Crippen LogP contribution in [-0.4, -0.2) is 160 Å². The van der Waals surface area contributed by atoms with Gasteiger partial charge < -0.3 is 40.1 Å². The normalized spacial score (nSPS) is 22.6. The van der Waals surface area contributed by atoms with E-state index in [0.29, 0.717) is 60.3 Å². The summed E-state index contributed by atoms with van der Waals surface area (Å²) in [5.74, 6) is 1.55. The number of ether oxygens (including phenoxy) is 2. The topological polar surface area (TPSA) is 262 Å². The number of rotatable bonds is 14. The van der Waals surface area contributed by atoms with E-state index in [0.717, 1.165) is 98.0 Å². The summed E-state index contributed by atoms with van der Waals surface area (Å²) in [4.78, 5) is 85.1. The first kappa shape index (κ1) is 62.5. The summed E-state index contributed by atoms with van der Waals surface area (Å²) in [5.41, 5.74) is 3.65. The minimum absolute atomic E-state index is 0.000177. The maximum absolute atomic E-state index is 13.5. The van der Waals surface area contributed by atoms with Crippen molar-refractivity contribution in [3.63, 3.8) is 0 Å². The maximum atomic E-state index is 13.5. The van der Waals surface area contributed by atoms with Crippen LogP contribution >= 0.6 is 0 Å². The van der Waals surface area contributed by atoms with Crippen molar-refractivity contribution in [3.05, 3.63) is 149 Å². The molecule has 0 radical (unpaired) electrons. The first-order chi connectivity index (χ1) is 44.2. The minimum Gasteiger partial charge on any atom is -0.491 e. The molecule has 6 bridgehead atoms. The molecule has 0 aliphatic carbocycles. The van der Waals surface area contributed by atoms with Crippen molar-refractivity contribution in [1.82, 2.24) is 74.5 Å². The molecule has 0 spiro atoms. The number of carbonyl (C=O) groups is 3. The largest absolute Gasteiger partial charge is 0.491 e. The van der Waals surface area contributed by atoms with Gasteiger partial charge in [-0.2, -0.15) is 36.5 Å². The van der Waals surface area contributed by atoms with Crippen LogP contribution in [0.5, 0.6) is 11.5 Å². The van der Waals surface area contributed by atoms with Crippen molar-refractivity contribution >= 4 is 46.5 Å². The Morgan fingerprint density at radius 1 is 0.489 bits per heavy atom. The zero-order valence-electron chi connectivity index (χ0n) is 50.8. The molecule has 92 heavy (non-hydrogen) atoms. The van der Waals surface area contributed by atoms with Gasteiger partial charge in [-0.05, 0) is 141 Å². The van der Waals surface area contributed by atoms with E-state index in [-0.39, 0.29) is 89.7 Å². The van der Waals surface area contributed by atoms with E-state index >= 15 is 0 Å². The molecule has 6 fully saturated rings. The van der Waals surface area contributed by atoms with E-state index in [9.17, 15) is 40.7 Å². The van der Waals surface area contributed by atoms with Crippen LogP contribution in [0.1, 0.15) is 131 Å². The highest BCUT2D eigenvalue weighted by Crippen LogP contribution is 2.44. The Morgan fingerprint density at radius 2 is 0.891 bits per heavy atom. The summed E-state index contributed by atoms with van der Waals surface area (Å²) in [6, 6.07) is 18.6. The number of hydrogen-bond acceptors (Lipinski definition) is 19. The summed E-state index contributed by atoms with van der Waals surface area (Å²) in [7, 11) is 0. The van der Waals surface area contributed by atoms with E-state index in [4.69, 9.17) is 14.5 Å². The number of fused-ring (bicyclic) bond motifs is 7. The Balaban J connectivity index is 0.000000133. The van der Waals surface area contributed by atoms with Crippen molar-refractivity contribution < 1.29 is 50.2 Å². The van der Waals surface area contributed by atoms with Gasteiger partial charge in [0.1, 0.15) is 11.5 Å². The van der Waals surface area contributed by atoms with Gasteiger partial charge in [0.25, 0.3) is 17.7 Å². The number of halogens is 6. The molecule has 9 unspecified atom stereocenters. The van der Waals surface area contributed by atoms with Crippen LogP contribution in [-0.2, 0) is 12.4 Å². The quantitative estimate of drug-likeness (QED) is 0.0855. The number of benzene rings is 1. The molecule has 29 heteroatoms. The number of nitrogens with one attached hydrogen (secondary N) is 3. The number of aryl methyl sites for hydroxylation is 3. The highest BCUT2D eigenvalue weighted by atomic mass is 19.4. The van der Waals surface area contributed by atoms with Gasteiger partial charge >= 0.3 is 12.4 Å². The highest BCUT2D eigenvalue weighted by Gasteiger charge is 2.52. The third-order valence-electron chi connectivity index (χ3n) is 17.5. The molecule has 13 heterocycles. The molecular formula is C63H66F6N18O5. The second-order valence-corrected chi connectivity index (χ2v) is 23.4. The zero-order valence-corrected chi connectivity index (χ0v) is 50.8. The number of hydrogen-bond donors (Lipinski definition) is 3. The van der Waals surface area contributed by atoms with Gasteiger partial charge in [-0.1, -0.05) is 12.1 Å². The van der Waals surface area contributed by atoms with Crippen LogP contribution in [0.4, 0.5) is 44.1 Å². The number of anilines is 3. The van der Waals surface area contributed by atoms with E-state index in [1.54, 1.807) is 30.5 Å². The molecule has 8 aromatic rings. The number of aromatic nitrogens is 12. The van der Waals surface area contributed by atoms with E-state index in [1.165, 1.54) is 17.2 Å². The van der Waals surface area contributed by atoms with Gasteiger partial charge in [-0.15, -0.1) is 4.80 Å². The number of pyridine rings is 3. The number of amides is 3. The Morgan fingerprint density at radius 3 is 1.33 bits per heavy atom. The van der Waals surface area contributed by atoms with Crippen LogP contribution in [0, 0.1) is 20.8 Å². The first-order valence-electron chi connectivity index (χ1n) is 30.6. The van der Waals surface area contributed by atoms with Gasteiger partial charge in [0.15, 0.2) is 28.6 Å². The lowest BCUT2D eigenvalue weighted by Gasteiger charge is -2.25. The standard InChI is InChI=1S/C23H25N5O2.C20H19F3N8O.C20H22F3N5O2/c1-3-30-20-11-8-14(2)25-22(20)23(29)28-15-9-10-19(28)18(12-15)27-21-13-24-16-6-4-5-7-17(16)26-21;1-11-2-4-16(31-26-6-7-27-31)17(28-11)18(32)30-13-3-5-15(30)14(8-13)29-19-24-9-12(10-25-19)20(21,22)23;1-3-30-16-7-4-11(2)26-17(16)18(29)28-13-5-6-15(28)14(8-13)27-19-24-9-12(10-25-19)20(21,22)23/h4-8,11,13,15,18-19H,3,9-10,12H2,1-2H3,(H,26,27);2,4,6-7,9-10,13-15H,3,5,8H2,1H3,(H,24,25,29);4,7,9-10,13-15H,3,5-6,8H2,1-2H3,(H,24,25,27). The molecule has 0 saturated carbocycles. The molecule has 480 valence electrons. The van der Waals surface area contributed by atoms with Crippen molar-refractivity contribution in [2.24, 2.45) is 0 Å². The van der Waals surface area contributed by atoms with Gasteiger partial charge in [0, 0.05) is 60.0 Å². The van der Waals surface area contributed by atoms with Crippen LogP contribution in [0.3, 0.4) is 0 Å². The predicted molar refractivity (Wildman–Crippen MR) is 323 cm³/mol. The summed E-state index contributed by atoms with van der Waals surface area (Å²) in [6.07, 6.45) is 6.42. The lowest BCUT2D eigenvalue weighted by molar-refractivity contribution is -0.138. The van der Waals surface area contributed by atoms with Crippen LogP contribution in [0.25, 0.3) is 16.7 Å². The van der Waals surface area contributed by atoms with Crippen molar-refractivity contribution in [2.75, 3.05) is 29.2 Å². The van der Waals surface area contributed by atoms with Crippen molar-refractivity contribution in [2.45, 2.75) is 159 Å².